The van der Waals surface area contributed by atoms with E-state index in [4.69, 9.17) is 11.6 Å². The van der Waals surface area contributed by atoms with Gasteiger partial charge in [-0.2, -0.15) is 0 Å². The van der Waals surface area contributed by atoms with Gasteiger partial charge < -0.3 is 15.1 Å². The van der Waals surface area contributed by atoms with Crippen molar-refractivity contribution in [2.75, 3.05) is 37.6 Å². The molecular weight excluding hydrogens is 338 g/mol. The lowest BCUT2D eigenvalue weighted by atomic mass is 10.2. The summed E-state index contributed by atoms with van der Waals surface area (Å²) < 4.78 is 0. The molecule has 3 rings (SSSR count). The Kier molecular flexibility index (Phi) is 6.19. The summed E-state index contributed by atoms with van der Waals surface area (Å²) in [6.45, 7) is 4.39. The summed E-state index contributed by atoms with van der Waals surface area (Å²) in [7, 11) is 0. The average Bonchev–Trinajstić information content (AvgIpc) is 2.67. The highest BCUT2D eigenvalue weighted by atomic mass is 35.5. The summed E-state index contributed by atoms with van der Waals surface area (Å²) in [6.07, 6.45) is 3.99. The molecule has 6 nitrogen and oxygen atoms in total. The number of rotatable bonds is 6. The summed E-state index contributed by atoms with van der Waals surface area (Å²) in [4.78, 5) is 24.9. The fourth-order valence-corrected chi connectivity index (χ4v) is 2.92. The number of benzene rings is 1. The molecule has 1 saturated heterocycles. The Labute approximate surface area is 152 Å². The van der Waals surface area contributed by atoms with Crippen molar-refractivity contribution in [2.45, 2.75) is 13.0 Å². The van der Waals surface area contributed by atoms with Gasteiger partial charge in [-0.1, -0.05) is 23.7 Å². The van der Waals surface area contributed by atoms with Gasteiger partial charge in [-0.3, -0.25) is 4.79 Å². The average molecular weight is 360 g/mol. The second-order valence-electron chi connectivity index (χ2n) is 5.97. The molecule has 0 radical (unpaired) electrons. The summed E-state index contributed by atoms with van der Waals surface area (Å²) in [5.41, 5.74) is 1.16. The van der Waals surface area contributed by atoms with Gasteiger partial charge in [-0.05, 0) is 23.8 Å². The number of halogens is 1. The monoisotopic (exact) mass is 359 g/mol. The molecule has 0 aliphatic carbocycles. The maximum absolute atomic E-state index is 12.3. The number of hydrogen-bond acceptors (Lipinski definition) is 5. The Hall–Kier alpha value is -2.18. The van der Waals surface area contributed by atoms with Crippen molar-refractivity contribution in [2.24, 2.45) is 0 Å². The Morgan fingerprint density at radius 3 is 2.44 bits per heavy atom. The topological polar surface area (TPSA) is 61.4 Å². The number of aromatic nitrogens is 2. The molecule has 0 bridgehead atoms. The van der Waals surface area contributed by atoms with Crippen molar-refractivity contribution >= 4 is 23.5 Å². The second-order valence-corrected chi connectivity index (χ2v) is 6.41. The molecule has 1 aliphatic heterocycles. The Bertz CT molecular complexity index is 672. The van der Waals surface area contributed by atoms with Gasteiger partial charge >= 0.3 is 0 Å². The summed E-state index contributed by atoms with van der Waals surface area (Å²) >= 11 is 5.87. The van der Waals surface area contributed by atoms with Crippen LogP contribution in [-0.4, -0.2) is 53.5 Å². The minimum absolute atomic E-state index is 0.192. The van der Waals surface area contributed by atoms with Crippen LogP contribution in [0.2, 0.25) is 5.02 Å². The Morgan fingerprint density at radius 2 is 1.76 bits per heavy atom. The molecular formula is C18H22ClN5O. The summed E-state index contributed by atoms with van der Waals surface area (Å²) in [6, 6.07) is 9.53. The van der Waals surface area contributed by atoms with E-state index < -0.39 is 0 Å². The zero-order valence-electron chi connectivity index (χ0n) is 14.1. The molecule has 0 atom stereocenters. The zero-order chi connectivity index (χ0) is 17.5. The number of carbonyl (C=O) groups excluding carboxylic acids is 1. The van der Waals surface area contributed by atoms with Gasteiger partial charge in [0, 0.05) is 63.1 Å². The molecule has 0 unspecified atom stereocenters. The van der Waals surface area contributed by atoms with E-state index in [1.807, 2.05) is 29.2 Å². The van der Waals surface area contributed by atoms with Crippen LogP contribution in [0, 0.1) is 0 Å². The molecule has 1 aromatic heterocycles. The van der Waals surface area contributed by atoms with Gasteiger partial charge in [0.1, 0.15) is 0 Å². The molecule has 0 saturated carbocycles. The van der Waals surface area contributed by atoms with Crippen molar-refractivity contribution in [3.05, 3.63) is 53.3 Å². The van der Waals surface area contributed by atoms with Crippen LogP contribution < -0.4 is 10.2 Å². The number of hydrogen-bond donors (Lipinski definition) is 1. The lowest BCUT2D eigenvalue weighted by molar-refractivity contribution is -0.131. The van der Waals surface area contributed by atoms with Gasteiger partial charge in [0.15, 0.2) is 0 Å². The normalized spacial score (nSPS) is 14.6. The van der Waals surface area contributed by atoms with E-state index in [9.17, 15) is 4.79 Å². The molecule has 1 amide bonds. The fraction of sp³-hybridized carbons (Fsp3) is 0.389. The van der Waals surface area contributed by atoms with E-state index in [0.717, 1.165) is 36.2 Å². The zero-order valence-corrected chi connectivity index (χ0v) is 14.8. The summed E-state index contributed by atoms with van der Waals surface area (Å²) in [5.74, 6) is 0.927. The first-order chi connectivity index (χ1) is 12.2. The lowest BCUT2D eigenvalue weighted by Gasteiger charge is -2.34. The third-order valence-corrected chi connectivity index (χ3v) is 4.48. The van der Waals surface area contributed by atoms with Crippen molar-refractivity contribution in [3.8, 4) is 0 Å². The van der Waals surface area contributed by atoms with E-state index in [-0.39, 0.29) is 5.91 Å². The highest BCUT2D eigenvalue weighted by Gasteiger charge is 2.21. The quantitative estimate of drug-likeness (QED) is 0.799. The lowest BCUT2D eigenvalue weighted by Crippen LogP contribution is -2.49. The van der Waals surface area contributed by atoms with Crippen LogP contribution in [0.15, 0.2) is 42.7 Å². The molecule has 0 spiro atoms. The molecule has 7 heteroatoms. The van der Waals surface area contributed by atoms with E-state index >= 15 is 0 Å². The highest BCUT2D eigenvalue weighted by Crippen LogP contribution is 2.11. The third kappa shape index (κ3) is 5.14. The van der Waals surface area contributed by atoms with E-state index in [1.54, 1.807) is 18.5 Å². The smallest absolute Gasteiger partial charge is 0.225 e. The first kappa shape index (κ1) is 17.6. The first-order valence-corrected chi connectivity index (χ1v) is 8.85. The number of anilines is 1. The van der Waals surface area contributed by atoms with Crippen LogP contribution in [0.3, 0.4) is 0 Å². The molecule has 2 aromatic rings. The maximum atomic E-state index is 12.3. The molecule has 2 heterocycles. The van der Waals surface area contributed by atoms with Crippen LogP contribution in [-0.2, 0) is 11.3 Å². The van der Waals surface area contributed by atoms with Gasteiger partial charge in [0.25, 0.3) is 0 Å². The summed E-state index contributed by atoms with van der Waals surface area (Å²) in [5, 5.41) is 4.04. The van der Waals surface area contributed by atoms with E-state index in [2.05, 4.69) is 20.2 Å². The predicted molar refractivity (Wildman–Crippen MR) is 98.6 cm³/mol. The molecule has 25 heavy (non-hydrogen) atoms. The molecule has 1 aromatic carbocycles. The van der Waals surface area contributed by atoms with Crippen molar-refractivity contribution in [1.82, 2.24) is 20.2 Å². The van der Waals surface area contributed by atoms with Gasteiger partial charge in [0.05, 0.1) is 0 Å². The molecule has 132 valence electrons. The van der Waals surface area contributed by atoms with Gasteiger partial charge in [-0.25, -0.2) is 9.97 Å². The van der Waals surface area contributed by atoms with Crippen molar-refractivity contribution < 1.29 is 4.79 Å². The Morgan fingerprint density at radius 1 is 1.08 bits per heavy atom. The molecule has 1 aliphatic rings. The van der Waals surface area contributed by atoms with Crippen LogP contribution in [0.4, 0.5) is 5.95 Å². The van der Waals surface area contributed by atoms with E-state index in [1.165, 1.54) is 0 Å². The van der Waals surface area contributed by atoms with Gasteiger partial charge in [0.2, 0.25) is 11.9 Å². The number of amides is 1. The molecule has 1 N–H and O–H groups in total. The Balaban J connectivity index is 1.36. The standard InChI is InChI=1S/C18H22ClN5O/c19-16-4-2-15(3-5-16)14-20-9-6-17(25)23-10-12-24(13-11-23)18-21-7-1-8-22-18/h1-5,7-8,20H,6,9-14H2. The van der Waals surface area contributed by atoms with E-state index in [0.29, 0.717) is 26.1 Å². The largest absolute Gasteiger partial charge is 0.339 e. The van der Waals surface area contributed by atoms with Crippen LogP contribution >= 0.6 is 11.6 Å². The predicted octanol–water partition coefficient (Wildman–Crippen LogP) is 1.96. The van der Waals surface area contributed by atoms with Crippen LogP contribution in [0.5, 0.6) is 0 Å². The highest BCUT2D eigenvalue weighted by molar-refractivity contribution is 6.30. The van der Waals surface area contributed by atoms with Gasteiger partial charge in [-0.15, -0.1) is 0 Å². The first-order valence-electron chi connectivity index (χ1n) is 8.47. The molecule has 1 fully saturated rings. The van der Waals surface area contributed by atoms with Crippen molar-refractivity contribution in [3.63, 3.8) is 0 Å². The fourth-order valence-electron chi connectivity index (χ4n) is 2.80. The maximum Gasteiger partial charge on any atom is 0.225 e. The number of nitrogens with one attached hydrogen (secondary N) is 1. The number of carbonyl (C=O) groups is 1. The number of piperazine rings is 1. The third-order valence-electron chi connectivity index (χ3n) is 4.23. The SMILES string of the molecule is O=C(CCNCc1ccc(Cl)cc1)N1CCN(c2ncccn2)CC1. The minimum atomic E-state index is 0.192. The number of nitrogens with zero attached hydrogens (tertiary/aromatic N) is 4. The second kappa shape index (κ2) is 8.78. The van der Waals surface area contributed by atoms with Crippen LogP contribution in [0.25, 0.3) is 0 Å². The van der Waals surface area contributed by atoms with Crippen LogP contribution in [0.1, 0.15) is 12.0 Å². The minimum Gasteiger partial charge on any atom is -0.339 e. The van der Waals surface area contributed by atoms with Crippen molar-refractivity contribution in [1.29, 1.82) is 0 Å².